The first-order valence-corrected chi connectivity index (χ1v) is 10.1. The maximum Gasteiger partial charge on any atom is 0.192 e. The van der Waals surface area contributed by atoms with Crippen LogP contribution in [0.4, 0.5) is 0 Å². The highest BCUT2D eigenvalue weighted by molar-refractivity contribution is 7.98. The van der Waals surface area contributed by atoms with Gasteiger partial charge < -0.3 is 0 Å². The zero-order chi connectivity index (χ0) is 19.6. The second-order valence-electron chi connectivity index (χ2n) is 6.59. The molecule has 1 aliphatic carbocycles. The summed E-state index contributed by atoms with van der Waals surface area (Å²) in [7, 11) is 0. The molecular formula is C19H15N9S. The van der Waals surface area contributed by atoms with Crippen LogP contribution in [0.15, 0.2) is 53.9 Å². The minimum absolute atomic E-state index is 0.438. The molecule has 1 saturated carbocycles. The minimum Gasteiger partial charge on any atom is -0.299 e. The SMILES string of the molecule is N#Cc1cccc(-n2nnc(CSc3nnc(-c4ccncc4)n3C3CC3)n2)c1. The number of benzene rings is 1. The first-order valence-electron chi connectivity index (χ1n) is 9.09. The molecule has 0 unspecified atom stereocenters. The van der Waals surface area contributed by atoms with Gasteiger partial charge in [0.1, 0.15) is 0 Å². The van der Waals surface area contributed by atoms with Crippen molar-refractivity contribution in [1.29, 1.82) is 5.26 Å². The van der Waals surface area contributed by atoms with Gasteiger partial charge in [0.05, 0.1) is 23.1 Å². The molecule has 0 bridgehead atoms. The topological polar surface area (TPSA) is 111 Å². The van der Waals surface area contributed by atoms with Crippen LogP contribution in [0.5, 0.6) is 0 Å². The van der Waals surface area contributed by atoms with E-state index < -0.39 is 0 Å². The van der Waals surface area contributed by atoms with Crippen LogP contribution in [-0.4, -0.2) is 40.0 Å². The van der Waals surface area contributed by atoms with Crippen molar-refractivity contribution >= 4 is 11.8 Å². The standard InChI is InChI=1S/C19H15N9S/c20-11-13-2-1-3-16(10-13)28-25-17(22-26-28)12-29-19-24-23-18(27(19)15-4-5-15)14-6-8-21-9-7-14/h1-3,6-10,15H,4-5,12H2. The van der Waals surface area contributed by atoms with E-state index >= 15 is 0 Å². The molecular weight excluding hydrogens is 386 g/mol. The van der Waals surface area contributed by atoms with Gasteiger partial charge in [-0.1, -0.05) is 17.8 Å². The van der Waals surface area contributed by atoms with Crippen molar-refractivity contribution in [3.05, 3.63) is 60.2 Å². The highest BCUT2D eigenvalue weighted by Gasteiger charge is 2.30. The predicted octanol–water partition coefficient (Wildman–Crippen LogP) is 2.81. The molecule has 5 rings (SSSR count). The van der Waals surface area contributed by atoms with Gasteiger partial charge in [0.25, 0.3) is 0 Å². The van der Waals surface area contributed by atoms with Crippen LogP contribution in [0.3, 0.4) is 0 Å². The molecule has 0 aliphatic heterocycles. The number of aromatic nitrogens is 8. The first-order chi connectivity index (χ1) is 14.3. The van der Waals surface area contributed by atoms with Crippen LogP contribution < -0.4 is 0 Å². The van der Waals surface area contributed by atoms with Gasteiger partial charge in [-0.2, -0.15) is 5.26 Å². The van der Waals surface area contributed by atoms with E-state index in [2.05, 4.69) is 41.2 Å². The Morgan fingerprint density at radius 3 is 2.76 bits per heavy atom. The highest BCUT2D eigenvalue weighted by atomic mass is 32.2. The number of hydrogen-bond acceptors (Lipinski definition) is 8. The van der Waals surface area contributed by atoms with Crippen LogP contribution in [-0.2, 0) is 5.75 Å². The molecule has 29 heavy (non-hydrogen) atoms. The van der Waals surface area contributed by atoms with Crippen LogP contribution >= 0.6 is 11.8 Å². The minimum atomic E-state index is 0.438. The fourth-order valence-corrected chi connectivity index (χ4v) is 3.82. The second-order valence-corrected chi connectivity index (χ2v) is 7.53. The molecule has 3 heterocycles. The largest absolute Gasteiger partial charge is 0.299 e. The zero-order valence-electron chi connectivity index (χ0n) is 15.3. The molecule has 9 nitrogen and oxygen atoms in total. The quantitative estimate of drug-likeness (QED) is 0.454. The van der Waals surface area contributed by atoms with E-state index in [1.807, 2.05) is 18.2 Å². The lowest BCUT2D eigenvalue weighted by atomic mass is 10.2. The van der Waals surface area contributed by atoms with E-state index in [0.29, 0.717) is 28.9 Å². The first kappa shape index (κ1) is 17.5. The van der Waals surface area contributed by atoms with E-state index in [1.54, 1.807) is 42.4 Å². The van der Waals surface area contributed by atoms with Gasteiger partial charge in [-0.25, -0.2) is 0 Å². The summed E-state index contributed by atoms with van der Waals surface area (Å²) < 4.78 is 2.20. The normalized spacial score (nSPS) is 13.3. The Morgan fingerprint density at radius 2 is 1.97 bits per heavy atom. The molecule has 0 N–H and O–H groups in total. The summed E-state index contributed by atoms with van der Waals surface area (Å²) in [6.45, 7) is 0. The third-order valence-corrected chi connectivity index (χ3v) is 5.45. The van der Waals surface area contributed by atoms with Crippen molar-refractivity contribution in [3.63, 3.8) is 0 Å². The number of thioether (sulfide) groups is 1. The van der Waals surface area contributed by atoms with Crippen LogP contribution in [0.1, 0.15) is 30.3 Å². The number of nitrogens with zero attached hydrogens (tertiary/aromatic N) is 9. The summed E-state index contributed by atoms with van der Waals surface area (Å²) in [6.07, 6.45) is 5.79. The van der Waals surface area contributed by atoms with Crippen molar-refractivity contribution in [3.8, 4) is 23.1 Å². The summed E-state index contributed by atoms with van der Waals surface area (Å²) in [5, 5.41) is 31.3. The Labute approximate surface area is 170 Å². The molecule has 3 aromatic heterocycles. The van der Waals surface area contributed by atoms with Gasteiger partial charge in [-0.3, -0.25) is 9.55 Å². The molecule has 1 fully saturated rings. The van der Waals surface area contributed by atoms with E-state index in [9.17, 15) is 0 Å². The van der Waals surface area contributed by atoms with Gasteiger partial charge in [-0.15, -0.1) is 25.2 Å². The number of nitriles is 1. The fourth-order valence-electron chi connectivity index (χ4n) is 2.97. The van der Waals surface area contributed by atoms with Crippen LogP contribution in [0.25, 0.3) is 17.1 Å². The predicted molar refractivity (Wildman–Crippen MR) is 105 cm³/mol. The number of hydrogen-bond donors (Lipinski definition) is 0. The Bertz CT molecular complexity index is 1190. The molecule has 10 heteroatoms. The maximum absolute atomic E-state index is 9.05. The summed E-state index contributed by atoms with van der Waals surface area (Å²) in [4.78, 5) is 5.51. The van der Waals surface area contributed by atoms with Crippen molar-refractivity contribution in [2.24, 2.45) is 0 Å². The van der Waals surface area contributed by atoms with Gasteiger partial charge in [0, 0.05) is 24.0 Å². The van der Waals surface area contributed by atoms with Gasteiger partial charge in [0.2, 0.25) is 0 Å². The molecule has 4 aromatic rings. The van der Waals surface area contributed by atoms with E-state index in [0.717, 1.165) is 29.4 Å². The molecule has 0 spiro atoms. The van der Waals surface area contributed by atoms with Crippen molar-refractivity contribution < 1.29 is 0 Å². The molecule has 0 radical (unpaired) electrons. The highest BCUT2D eigenvalue weighted by Crippen LogP contribution is 2.41. The number of tetrazole rings is 1. The third-order valence-electron chi connectivity index (χ3n) is 4.51. The van der Waals surface area contributed by atoms with Crippen molar-refractivity contribution in [1.82, 2.24) is 40.0 Å². The number of rotatable bonds is 6. The lowest BCUT2D eigenvalue weighted by Crippen LogP contribution is -2.01. The Hall–Kier alpha value is -3.58. The van der Waals surface area contributed by atoms with E-state index in [-0.39, 0.29) is 0 Å². The molecule has 0 saturated heterocycles. The third kappa shape index (κ3) is 3.60. The number of pyridine rings is 1. The molecule has 1 aromatic carbocycles. The smallest absolute Gasteiger partial charge is 0.192 e. The van der Waals surface area contributed by atoms with Gasteiger partial charge in [0.15, 0.2) is 16.8 Å². The summed E-state index contributed by atoms with van der Waals surface area (Å²) in [5.41, 5.74) is 2.26. The summed E-state index contributed by atoms with van der Waals surface area (Å²) >= 11 is 1.54. The average molecular weight is 401 g/mol. The Kier molecular flexibility index (Phi) is 4.50. The average Bonchev–Trinajstić information content (AvgIpc) is 3.34. The van der Waals surface area contributed by atoms with Gasteiger partial charge >= 0.3 is 0 Å². The Balaban J connectivity index is 1.35. The van der Waals surface area contributed by atoms with E-state index in [4.69, 9.17) is 5.26 Å². The Morgan fingerprint density at radius 1 is 1.10 bits per heavy atom. The lowest BCUT2D eigenvalue weighted by molar-refractivity contribution is 0.669. The van der Waals surface area contributed by atoms with Crippen LogP contribution in [0.2, 0.25) is 0 Å². The lowest BCUT2D eigenvalue weighted by Gasteiger charge is -2.07. The summed E-state index contributed by atoms with van der Waals surface area (Å²) in [5.74, 6) is 1.98. The maximum atomic E-state index is 9.05. The van der Waals surface area contributed by atoms with Crippen molar-refractivity contribution in [2.75, 3.05) is 0 Å². The molecule has 0 atom stereocenters. The molecule has 0 amide bonds. The van der Waals surface area contributed by atoms with Crippen LogP contribution in [0, 0.1) is 11.3 Å². The monoisotopic (exact) mass is 401 g/mol. The van der Waals surface area contributed by atoms with E-state index in [1.165, 1.54) is 4.80 Å². The van der Waals surface area contributed by atoms with Crippen molar-refractivity contribution in [2.45, 2.75) is 29.8 Å². The van der Waals surface area contributed by atoms with Gasteiger partial charge in [-0.05, 0) is 48.4 Å². The molecule has 1 aliphatic rings. The second kappa shape index (κ2) is 7.44. The molecule has 142 valence electrons. The fraction of sp³-hybridized carbons (Fsp3) is 0.211. The zero-order valence-corrected chi connectivity index (χ0v) is 16.1. The summed E-state index contributed by atoms with van der Waals surface area (Å²) in [6, 6.07) is 13.5.